The van der Waals surface area contributed by atoms with Crippen molar-refractivity contribution in [3.63, 3.8) is 0 Å². The van der Waals surface area contributed by atoms with Crippen molar-refractivity contribution >= 4 is 0 Å². The van der Waals surface area contributed by atoms with Gasteiger partial charge in [-0.2, -0.15) is 9.36 Å². The van der Waals surface area contributed by atoms with Gasteiger partial charge >= 0.3 is 5.69 Å². The van der Waals surface area contributed by atoms with Gasteiger partial charge in [0.15, 0.2) is 5.82 Å². The molecule has 0 aliphatic carbocycles. The summed E-state index contributed by atoms with van der Waals surface area (Å²) in [5.41, 5.74) is 3.66. The quantitative estimate of drug-likeness (QED) is 0.475. The molecule has 0 spiro atoms. The molecule has 0 saturated heterocycles. The Morgan fingerprint density at radius 3 is 2.55 bits per heavy atom. The molecule has 0 aliphatic heterocycles. The van der Waals surface area contributed by atoms with E-state index in [9.17, 15) is 4.79 Å². The summed E-state index contributed by atoms with van der Waals surface area (Å²) in [5, 5.41) is 7.73. The van der Waals surface area contributed by atoms with Crippen LogP contribution in [0.1, 0.15) is 16.8 Å². The van der Waals surface area contributed by atoms with Crippen LogP contribution in [0.4, 0.5) is 0 Å². The van der Waals surface area contributed by atoms with Gasteiger partial charge in [-0.25, -0.2) is 14.8 Å². The summed E-state index contributed by atoms with van der Waals surface area (Å²) >= 11 is 0. The highest BCUT2D eigenvalue weighted by Crippen LogP contribution is 2.29. The van der Waals surface area contributed by atoms with Gasteiger partial charge in [-0.05, 0) is 66.2 Å². The molecule has 2 heterocycles. The maximum atomic E-state index is 12.4. The fourth-order valence-corrected chi connectivity index (χ4v) is 3.24. The minimum absolute atomic E-state index is 0.184. The third-order valence-electron chi connectivity index (χ3n) is 4.88. The van der Waals surface area contributed by atoms with Crippen molar-refractivity contribution in [3.05, 3.63) is 76.0 Å². The SMILES string of the molecule is COc1cccc(-n2nnn(C)c2=O)c1COc1ccc(-c2nccc(C)n2)cc1C. The number of ether oxygens (including phenoxy) is 2. The lowest BCUT2D eigenvalue weighted by molar-refractivity contribution is 0.294. The summed E-state index contributed by atoms with van der Waals surface area (Å²) in [6, 6.07) is 13.0. The molecular weight excluding hydrogens is 396 g/mol. The van der Waals surface area contributed by atoms with Gasteiger partial charge < -0.3 is 9.47 Å². The molecule has 0 atom stereocenters. The highest BCUT2D eigenvalue weighted by Gasteiger charge is 2.16. The largest absolute Gasteiger partial charge is 0.496 e. The number of benzene rings is 2. The monoisotopic (exact) mass is 418 g/mol. The van der Waals surface area contributed by atoms with Gasteiger partial charge in [0.1, 0.15) is 18.1 Å². The lowest BCUT2D eigenvalue weighted by Gasteiger charge is -2.15. The number of hydrogen-bond donors (Lipinski definition) is 0. The average Bonchev–Trinajstić information content (AvgIpc) is 3.10. The van der Waals surface area contributed by atoms with E-state index in [1.807, 2.05) is 44.2 Å². The molecule has 2 aromatic carbocycles. The molecular formula is C22H22N6O3. The van der Waals surface area contributed by atoms with Crippen molar-refractivity contribution in [1.82, 2.24) is 29.8 Å². The Morgan fingerprint density at radius 1 is 1.03 bits per heavy atom. The number of aromatic nitrogens is 6. The summed E-state index contributed by atoms with van der Waals surface area (Å²) in [7, 11) is 3.12. The molecule has 0 fully saturated rings. The standard InChI is InChI=1S/C22H22N6O3/c1-14-12-16(21-23-11-10-15(2)24-21)8-9-19(14)31-13-17-18(6-5-7-20(17)30-4)28-22(29)27(3)25-26-28/h5-12H,13H2,1-4H3. The number of tetrazole rings is 1. The zero-order chi connectivity index (χ0) is 22.0. The van der Waals surface area contributed by atoms with Gasteiger partial charge in [-0.3, -0.25) is 0 Å². The second kappa shape index (κ2) is 8.39. The van der Waals surface area contributed by atoms with Crippen LogP contribution in [0.15, 0.2) is 53.5 Å². The first-order valence-electron chi connectivity index (χ1n) is 9.66. The molecule has 0 saturated carbocycles. The predicted octanol–water partition coefficient (Wildman–Crippen LogP) is 2.63. The molecule has 4 aromatic rings. The van der Waals surface area contributed by atoms with Crippen LogP contribution in [0, 0.1) is 13.8 Å². The first-order chi connectivity index (χ1) is 15.0. The second-order valence-corrected chi connectivity index (χ2v) is 7.05. The highest BCUT2D eigenvalue weighted by atomic mass is 16.5. The van der Waals surface area contributed by atoms with Gasteiger partial charge in [-0.15, -0.1) is 0 Å². The summed E-state index contributed by atoms with van der Waals surface area (Å²) in [5.74, 6) is 1.97. The van der Waals surface area contributed by atoms with Crippen LogP contribution in [0.2, 0.25) is 0 Å². The maximum absolute atomic E-state index is 12.4. The van der Waals surface area contributed by atoms with E-state index in [0.717, 1.165) is 16.8 Å². The Kier molecular flexibility index (Phi) is 5.48. The van der Waals surface area contributed by atoms with Gasteiger partial charge in [0, 0.05) is 24.5 Å². The summed E-state index contributed by atoms with van der Waals surface area (Å²) < 4.78 is 14.0. The van der Waals surface area contributed by atoms with E-state index in [0.29, 0.717) is 28.6 Å². The fourth-order valence-electron chi connectivity index (χ4n) is 3.24. The smallest absolute Gasteiger partial charge is 0.368 e. The summed E-state index contributed by atoms with van der Waals surface area (Å²) in [4.78, 5) is 21.2. The molecule has 0 unspecified atom stereocenters. The molecule has 31 heavy (non-hydrogen) atoms. The number of aryl methyl sites for hydroxylation is 3. The van der Waals surface area contributed by atoms with E-state index in [1.165, 1.54) is 9.36 Å². The molecule has 4 rings (SSSR count). The number of rotatable bonds is 6. The predicted molar refractivity (Wildman–Crippen MR) is 114 cm³/mol. The molecule has 0 radical (unpaired) electrons. The van der Waals surface area contributed by atoms with Crippen LogP contribution in [-0.2, 0) is 13.7 Å². The van der Waals surface area contributed by atoms with Crippen LogP contribution in [0.3, 0.4) is 0 Å². The van der Waals surface area contributed by atoms with Crippen molar-refractivity contribution in [2.75, 3.05) is 7.11 Å². The molecule has 0 bridgehead atoms. The Labute approximate surface area is 178 Å². The lowest BCUT2D eigenvalue weighted by Crippen LogP contribution is -2.23. The minimum atomic E-state index is -0.354. The molecule has 158 valence electrons. The van der Waals surface area contributed by atoms with Crippen LogP contribution in [0.25, 0.3) is 17.1 Å². The molecule has 9 nitrogen and oxygen atoms in total. The number of hydrogen-bond acceptors (Lipinski definition) is 7. The maximum Gasteiger partial charge on any atom is 0.368 e. The zero-order valence-corrected chi connectivity index (χ0v) is 17.7. The van der Waals surface area contributed by atoms with Gasteiger partial charge in [-0.1, -0.05) is 6.07 Å². The van der Waals surface area contributed by atoms with E-state index in [2.05, 4.69) is 20.4 Å². The Balaban J connectivity index is 1.64. The molecule has 2 aromatic heterocycles. The third-order valence-corrected chi connectivity index (χ3v) is 4.88. The number of methoxy groups -OCH3 is 1. The van der Waals surface area contributed by atoms with Gasteiger partial charge in [0.05, 0.1) is 18.4 Å². The fraction of sp³-hybridized carbons (Fsp3) is 0.227. The average molecular weight is 418 g/mol. The minimum Gasteiger partial charge on any atom is -0.496 e. The first-order valence-corrected chi connectivity index (χ1v) is 9.66. The molecule has 0 amide bonds. The highest BCUT2D eigenvalue weighted by molar-refractivity contribution is 5.58. The van der Waals surface area contributed by atoms with Gasteiger partial charge in [0.25, 0.3) is 0 Å². The van der Waals surface area contributed by atoms with Crippen molar-refractivity contribution in [2.45, 2.75) is 20.5 Å². The molecule has 9 heteroatoms. The topological polar surface area (TPSA) is 97.0 Å². The van der Waals surface area contributed by atoms with Crippen molar-refractivity contribution in [1.29, 1.82) is 0 Å². The summed E-state index contributed by atoms with van der Waals surface area (Å²) in [6.07, 6.45) is 1.75. The van der Waals surface area contributed by atoms with E-state index < -0.39 is 0 Å². The Hall–Kier alpha value is -4.01. The lowest BCUT2D eigenvalue weighted by atomic mass is 10.1. The van der Waals surface area contributed by atoms with Crippen molar-refractivity contribution in [2.24, 2.45) is 7.05 Å². The van der Waals surface area contributed by atoms with Crippen LogP contribution in [0.5, 0.6) is 11.5 Å². The second-order valence-electron chi connectivity index (χ2n) is 7.05. The Morgan fingerprint density at radius 2 is 1.87 bits per heavy atom. The Bertz CT molecular complexity index is 1290. The molecule has 0 N–H and O–H groups in total. The third kappa shape index (κ3) is 4.02. The zero-order valence-electron chi connectivity index (χ0n) is 17.7. The van der Waals surface area contributed by atoms with Crippen LogP contribution in [-0.4, -0.2) is 36.9 Å². The first kappa shape index (κ1) is 20.3. The van der Waals surface area contributed by atoms with Crippen molar-refractivity contribution in [3.8, 4) is 28.6 Å². The van der Waals surface area contributed by atoms with E-state index in [-0.39, 0.29) is 12.3 Å². The van der Waals surface area contributed by atoms with Crippen LogP contribution >= 0.6 is 0 Å². The van der Waals surface area contributed by atoms with Crippen LogP contribution < -0.4 is 15.2 Å². The molecule has 0 aliphatic rings. The van der Waals surface area contributed by atoms with Crippen molar-refractivity contribution < 1.29 is 9.47 Å². The van der Waals surface area contributed by atoms with E-state index >= 15 is 0 Å². The normalized spacial score (nSPS) is 10.8. The van der Waals surface area contributed by atoms with E-state index in [4.69, 9.17) is 9.47 Å². The summed E-state index contributed by atoms with van der Waals surface area (Å²) in [6.45, 7) is 4.08. The van der Waals surface area contributed by atoms with E-state index in [1.54, 1.807) is 32.5 Å². The number of nitrogens with zero attached hydrogens (tertiary/aromatic N) is 6. The van der Waals surface area contributed by atoms with Gasteiger partial charge in [0.2, 0.25) is 0 Å².